The third-order valence-electron chi connectivity index (χ3n) is 3.91. The second-order valence-corrected chi connectivity index (χ2v) is 8.09. The van der Waals surface area contributed by atoms with Crippen molar-refractivity contribution >= 4 is 21.6 Å². The Balaban J connectivity index is 2.20. The minimum absolute atomic E-state index is 0.109. The number of benzene rings is 1. The van der Waals surface area contributed by atoms with Crippen LogP contribution < -0.4 is 16.6 Å². The molecular weight excluding hydrogens is 332 g/mol. The topological polar surface area (TPSA) is 114 Å². The fourth-order valence-electron chi connectivity index (χ4n) is 2.11. The SMILES string of the molecule is CC(C)(CN)C(=O)NNc1ccccc1S(=O)(=O)N1CCOCC1. The predicted molar refractivity (Wildman–Crippen MR) is 90.6 cm³/mol. The third kappa shape index (κ3) is 4.04. The molecule has 0 radical (unpaired) electrons. The van der Waals surface area contributed by atoms with Gasteiger partial charge in [0.1, 0.15) is 4.90 Å². The zero-order valence-corrected chi connectivity index (χ0v) is 14.7. The maximum atomic E-state index is 12.8. The molecule has 0 saturated carbocycles. The molecule has 2 rings (SSSR count). The molecule has 1 amide bonds. The van der Waals surface area contributed by atoms with Gasteiger partial charge in [-0.25, -0.2) is 8.42 Å². The van der Waals surface area contributed by atoms with Gasteiger partial charge in [0.05, 0.1) is 24.3 Å². The lowest BCUT2D eigenvalue weighted by molar-refractivity contribution is -0.128. The number of carbonyl (C=O) groups excluding carboxylic acids is 1. The molecule has 8 nitrogen and oxygen atoms in total. The number of hydrogen-bond acceptors (Lipinski definition) is 6. The number of nitrogens with two attached hydrogens (primary N) is 1. The summed E-state index contributed by atoms with van der Waals surface area (Å²) < 4.78 is 32.2. The summed E-state index contributed by atoms with van der Waals surface area (Å²) >= 11 is 0. The molecule has 1 aromatic rings. The van der Waals surface area contributed by atoms with E-state index < -0.39 is 15.4 Å². The minimum Gasteiger partial charge on any atom is -0.379 e. The monoisotopic (exact) mass is 356 g/mol. The number of morpholine rings is 1. The first kappa shape index (κ1) is 18.7. The molecule has 0 aromatic heterocycles. The van der Waals surface area contributed by atoms with Gasteiger partial charge in [-0.15, -0.1) is 0 Å². The van der Waals surface area contributed by atoms with Crippen LogP contribution in [0.5, 0.6) is 0 Å². The van der Waals surface area contributed by atoms with Crippen molar-refractivity contribution in [2.75, 3.05) is 38.3 Å². The van der Waals surface area contributed by atoms with Crippen molar-refractivity contribution in [3.63, 3.8) is 0 Å². The minimum atomic E-state index is -3.67. The Labute approximate surface area is 142 Å². The van der Waals surface area contributed by atoms with Crippen LogP contribution in [0.15, 0.2) is 29.2 Å². The number of nitrogens with one attached hydrogen (secondary N) is 2. The van der Waals surface area contributed by atoms with Crippen LogP contribution in [0.2, 0.25) is 0 Å². The molecule has 0 atom stereocenters. The third-order valence-corrected chi connectivity index (χ3v) is 5.87. The molecule has 1 aliphatic heterocycles. The van der Waals surface area contributed by atoms with E-state index in [1.165, 1.54) is 10.4 Å². The average Bonchev–Trinajstić information content (AvgIpc) is 2.60. The highest BCUT2D eigenvalue weighted by Gasteiger charge is 2.29. The van der Waals surface area contributed by atoms with E-state index in [2.05, 4.69) is 10.9 Å². The highest BCUT2D eigenvalue weighted by atomic mass is 32.2. The molecule has 0 spiro atoms. The standard InChI is InChI=1S/C15H24N4O4S/c1-15(2,11-16)14(20)18-17-12-5-3-4-6-13(12)24(21,22)19-7-9-23-10-8-19/h3-6,17H,7-11,16H2,1-2H3,(H,18,20). The van der Waals surface area contributed by atoms with Crippen molar-refractivity contribution in [3.8, 4) is 0 Å². The van der Waals surface area contributed by atoms with E-state index in [0.717, 1.165) is 0 Å². The summed E-state index contributed by atoms with van der Waals surface area (Å²) in [6.45, 7) is 4.95. The fourth-order valence-corrected chi connectivity index (χ4v) is 3.66. The molecule has 0 bridgehead atoms. The molecule has 1 saturated heterocycles. The molecule has 0 unspecified atom stereocenters. The van der Waals surface area contributed by atoms with Crippen LogP contribution in [0.1, 0.15) is 13.8 Å². The van der Waals surface area contributed by atoms with E-state index in [0.29, 0.717) is 32.0 Å². The van der Waals surface area contributed by atoms with Gasteiger partial charge in [-0.3, -0.25) is 15.6 Å². The summed E-state index contributed by atoms with van der Waals surface area (Å²) in [6.07, 6.45) is 0. The van der Waals surface area contributed by atoms with Crippen molar-refractivity contribution in [1.29, 1.82) is 0 Å². The van der Waals surface area contributed by atoms with E-state index >= 15 is 0 Å². The van der Waals surface area contributed by atoms with E-state index in [1.807, 2.05) is 0 Å². The van der Waals surface area contributed by atoms with Crippen LogP contribution >= 0.6 is 0 Å². The molecule has 4 N–H and O–H groups in total. The first-order valence-electron chi connectivity index (χ1n) is 7.72. The van der Waals surface area contributed by atoms with Crippen LogP contribution in [-0.2, 0) is 19.6 Å². The zero-order valence-electron chi connectivity index (χ0n) is 13.9. The lowest BCUT2D eigenvalue weighted by Gasteiger charge is -2.27. The van der Waals surface area contributed by atoms with Crippen molar-refractivity contribution in [2.24, 2.45) is 11.1 Å². The first-order valence-corrected chi connectivity index (χ1v) is 9.16. The number of hydrazine groups is 1. The first-order chi connectivity index (χ1) is 11.3. The summed E-state index contributed by atoms with van der Waals surface area (Å²) in [5.41, 5.74) is 10.4. The number of rotatable bonds is 6. The van der Waals surface area contributed by atoms with E-state index in [1.54, 1.807) is 32.0 Å². The Morgan fingerprint density at radius 1 is 1.29 bits per heavy atom. The fraction of sp³-hybridized carbons (Fsp3) is 0.533. The molecule has 1 heterocycles. The smallest absolute Gasteiger partial charge is 0.245 e. The highest BCUT2D eigenvalue weighted by molar-refractivity contribution is 7.89. The number of sulfonamides is 1. The van der Waals surface area contributed by atoms with Gasteiger partial charge in [-0.2, -0.15) is 4.31 Å². The number of ether oxygens (including phenoxy) is 1. The van der Waals surface area contributed by atoms with E-state index in [9.17, 15) is 13.2 Å². The van der Waals surface area contributed by atoms with Crippen LogP contribution in [0, 0.1) is 5.41 Å². The maximum Gasteiger partial charge on any atom is 0.245 e. The molecule has 134 valence electrons. The Kier molecular flexibility index (Phi) is 5.81. The number of para-hydroxylation sites is 1. The number of anilines is 1. The van der Waals surface area contributed by atoms with Gasteiger partial charge in [-0.05, 0) is 26.0 Å². The Morgan fingerprint density at radius 3 is 2.54 bits per heavy atom. The van der Waals surface area contributed by atoms with E-state index in [-0.39, 0.29) is 17.3 Å². The Bertz CT molecular complexity index is 684. The summed E-state index contributed by atoms with van der Waals surface area (Å²) in [5, 5.41) is 0. The molecule has 1 aliphatic rings. The molecule has 24 heavy (non-hydrogen) atoms. The van der Waals surface area contributed by atoms with Gasteiger partial charge in [0.25, 0.3) is 0 Å². The average molecular weight is 356 g/mol. The Morgan fingerprint density at radius 2 is 1.92 bits per heavy atom. The van der Waals surface area contributed by atoms with Crippen molar-refractivity contribution in [2.45, 2.75) is 18.7 Å². The summed E-state index contributed by atoms with van der Waals surface area (Å²) in [5.74, 6) is -0.316. The van der Waals surface area contributed by atoms with Gasteiger partial charge in [0.15, 0.2) is 0 Å². The maximum absolute atomic E-state index is 12.8. The van der Waals surface area contributed by atoms with Crippen LogP contribution in [0.3, 0.4) is 0 Å². The van der Waals surface area contributed by atoms with Crippen molar-refractivity contribution < 1.29 is 17.9 Å². The van der Waals surface area contributed by atoms with Crippen LogP contribution in [-0.4, -0.2) is 51.5 Å². The summed E-state index contributed by atoms with van der Waals surface area (Å²) in [6, 6.07) is 6.45. The summed E-state index contributed by atoms with van der Waals surface area (Å²) in [4.78, 5) is 12.2. The van der Waals surface area contributed by atoms with Gasteiger partial charge in [-0.1, -0.05) is 12.1 Å². The summed E-state index contributed by atoms with van der Waals surface area (Å²) in [7, 11) is -3.67. The van der Waals surface area contributed by atoms with Gasteiger partial charge >= 0.3 is 0 Å². The molecule has 1 aromatic carbocycles. The number of amides is 1. The number of carbonyl (C=O) groups is 1. The van der Waals surface area contributed by atoms with Crippen LogP contribution in [0.4, 0.5) is 5.69 Å². The number of nitrogens with zero attached hydrogens (tertiary/aromatic N) is 1. The number of hydrogen-bond donors (Lipinski definition) is 3. The van der Waals surface area contributed by atoms with Gasteiger partial charge < -0.3 is 10.5 Å². The molecule has 0 aliphatic carbocycles. The second kappa shape index (κ2) is 7.47. The largest absolute Gasteiger partial charge is 0.379 e. The van der Waals surface area contributed by atoms with Crippen LogP contribution in [0.25, 0.3) is 0 Å². The highest BCUT2D eigenvalue weighted by Crippen LogP contribution is 2.25. The van der Waals surface area contributed by atoms with Gasteiger partial charge in [0.2, 0.25) is 15.9 Å². The van der Waals surface area contributed by atoms with Crippen molar-refractivity contribution in [1.82, 2.24) is 9.73 Å². The van der Waals surface area contributed by atoms with Crippen molar-refractivity contribution in [3.05, 3.63) is 24.3 Å². The molecule has 1 fully saturated rings. The zero-order chi connectivity index (χ0) is 17.8. The second-order valence-electron chi connectivity index (χ2n) is 6.18. The molecule has 9 heteroatoms. The lowest BCUT2D eigenvalue weighted by atomic mass is 9.93. The lowest BCUT2D eigenvalue weighted by Crippen LogP contribution is -2.44. The van der Waals surface area contributed by atoms with E-state index in [4.69, 9.17) is 10.5 Å². The normalized spacial score (nSPS) is 16.6. The Hall–Kier alpha value is -1.68. The van der Waals surface area contributed by atoms with Gasteiger partial charge in [0, 0.05) is 19.6 Å². The quantitative estimate of drug-likeness (QED) is 0.625. The predicted octanol–water partition coefficient (Wildman–Crippen LogP) is 0.136. The molecular formula is C15H24N4O4S.